The number of nitrogens with zero attached hydrogens (tertiary/aromatic N) is 2. The Morgan fingerprint density at radius 1 is 1.28 bits per heavy atom. The molecular weight excluding hydrogens is 243 g/mol. The first-order valence-corrected chi connectivity index (χ1v) is 5.98. The van der Waals surface area contributed by atoms with E-state index in [4.69, 9.17) is 0 Å². The predicted octanol–water partition coefficient (Wildman–Crippen LogP) is 2.54. The van der Waals surface area contributed by atoms with Gasteiger partial charge in [0.05, 0.1) is 5.56 Å². The van der Waals surface area contributed by atoms with E-state index in [1.807, 2.05) is 18.7 Å². The molecule has 0 amide bonds. The molecule has 0 unspecified atom stereocenters. The molecule has 6 heteroatoms. The summed E-state index contributed by atoms with van der Waals surface area (Å²) in [4.78, 5) is 5.81. The van der Waals surface area contributed by atoms with E-state index >= 15 is 0 Å². The van der Waals surface area contributed by atoms with Gasteiger partial charge in [-0.15, -0.1) is 0 Å². The first-order valence-electron chi connectivity index (χ1n) is 5.98. The van der Waals surface area contributed by atoms with Crippen molar-refractivity contribution in [3.05, 3.63) is 23.9 Å². The lowest BCUT2D eigenvalue weighted by atomic mass is 10.2. The van der Waals surface area contributed by atoms with Crippen molar-refractivity contribution in [3.8, 4) is 0 Å². The molecule has 0 aliphatic rings. The van der Waals surface area contributed by atoms with Gasteiger partial charge in [0.2, 0.25) is 0 Å². The molecule has 3 nitrogen and oxygen atoms in total. The fourth-order valence-corrected chi connectivity index (χ4v) is 1.57. The van der Waals surface area contributed by atoms with Crippen LogP contribution in [0, 0.1) is 0 Å². The fraction of sp³-hybridized carbons (Fsp3) is 0.583. The van der Waals surface area contributed by atoms with Gasteiger partial charge >= 0.3 is 6.18 Å². The van der Waals surface area contributed by atoms with Crippen molar-refractivity contribution < 1.29 is 13.2 Å². The number of likely N-dealkylation sites (N-methyl/N-ethyl adjacent to an activating group) is 2. The third-order valence-electron chi connectivity index (χ3n) is 2.59. The van der Waals surface area contributed by atoms with E-state index in [0.29, 0.717) is 12.4 Å². The molecule has 102 valence electrons. The van der Waals surface area contributed by atoms with E-state index in [-0.39, 0.29) is 0 Å². The van der Waals surface area contributed by atoms with Crippen molar-refractivity contribution in [1.82, 2.24) is 10.3 Å². The van der Waals surface area contributed by atoms with Crippen LogP contribution < -0.4 is 10.2 Å². The van der Waals surface area contributed by atoms with Crippen LogP contribution in [0.1, 0.15) is 19.4 Å². The number of hydrogen-bond acceptors (Lipinski definition) is 3. The lowest BCUT2D eigenvalue weighted by Gasteiger charge is -2.22. The largest absolute Gasteiger partial charge is 0.417 e. The Hall–Kier alpha value is -1.30. The molecule has 18 heavy (non-hydrogen) atoms. The van der Waals surface area contributed by atoms with Crippen molar-refractivity contribution >= 4 is 5.82 Å². The number of aromatic nitrogens is 1. The minimum Gasteiger partial charge on any atom is -0.356 e. The Bertz CT molecular complexity index is 349. The number of anilines is 1. The summed E-state index contributed by atoms with van der Waals surface area (Å²) in [5.41, 5.74) is -0.714. The van der Waals surface area contributed by atoms with Gasteiger partial charge < -0.3 is 10.2 Å². The summed E-state index contributed by atoms with van der Waals surface area (Å²) in [7, 11) is 0. The van der Waals surface area contributed by atoms with Gasteiger partial charge in [-0.3, -0.25) is 0 Å². The van der Waals surface area contributed by atoms with E-state index in [2.05, 4.69) is 10.3 Å². The maximum absolute atomic E-state index is 12.4. The van der Waals surface area contributed by atoms with Crippen LogP contribution in [0.5, 0.6) is 0 Å². The minimum absolute atomic E-state index is 0.573. The predicted molar refractivity (Wildman–Crippen MR) is 65.7 cm³/mol. The summed E-state index contributed by atoms with van der Waals surface area (Å²) < 4.78 is 37.2. The van der Waals surface area contributed by atoms with E-state index in [1.54, 1.807) is 0 Å². The average Bonchev–Trinajstić information content (AvgIpc) is 2.34. The van der Waals surface area contributed by atoms with Crippen LogP contribution in [-0.4, -0.2) is 31.2 Å². The molecule has 1 N–H and O–H groups in total. The van der Waals surface area contributed by atoms with Gasteiger partial charge in [0.1, 0.15) is 5.82 Å². The monoisotopic (exact) mass is 261 g/mol. The molecule has 1 aromatic rings. The van der Waals surface area contributed by atoms with E-state index in [1.165, 1.54) is 6.07 Å². The van der Waals surface area contributed by atoms with E-state index in [9.17, 15) is 13.2 Å². The smallest absolute Gasteiger partial charge is 0.356 e. The molecular formula is C12H18F3N3. The number of hydrogen-bond donors (Lipinski definition) is 1. The van der Waals surface area contributed by atoms with Gasteiger partial charge in [-0.2, -0.15) is 13.2 Å². The van der Waals surface area contributed by atoms with Crippen LogP contribution in [-0.2, 0) is 6.18 Å². The van der Waals surface area contributed by atoms with Gasteiger partial charge in [0, 0.05) is 25.8 Å². The molecule has 0 bridgehead atoms. The molecule has 0 aliphatic carbocycles. The molecule has 0 fully saturated rings. The highest BCUT2D eigenvalue weighted by Gasteiger charge is 2.30. The number of halogens is 3. The van der Waals surface area contributed by atoms with Crippen molar-refractivity contribution in [2.24, 2.45) is 0 Å². The number of nitrogens with one attached hydrogen (secondary N) is 1. The Balaban J connectivity index is 2.69. The van der Waals surface area contributed by atoms with Gasteiger partial charge in [-0.05, 0) is 25.6 Å². The Kier molecular flexibility index (Phi) is 5.40. The summed E-state index contributed by atoms with van der Waals surface area (Å²) in [6, 6.07) is 2.48. The number of rotatable bonds is 6. The average molecular weight is 261 g/mol. The van der Waals surface area contributed by atoms with Crippen LogP contribution in [0.15, 0.2) is 18.3 Å². The molecule has 0 aromatic carbocycles. The molecule has 1 aromatic heterocycles. The quantitative estimate of drug-likeness (QED) is 0.798. The van der Waals surface area contributed by atoms with Crippen molar-refractivity contribution in [2.75, 3.05) is 31.1 Å². The van der Waals surface area contributed by atoms with Crippen molar-refractivity contribution in [3.63, 3.8) is 0 Å². The van der Waals surface area contributed by atoms with Crippen LogP contribution >= 0.6 is 0 Å². The van der Waals surface area contributed by atoms with Gasteiger partial charge in [0.25, 0.3) is 0 Å². The molecule has 1 rings (SSSR count). The number of pyridine rings is 1. The van der Waals surface area contributed by atoms with E-state index < -0.39 is 11.7 Å². The summed E-state index contributed by atoms with van der Waals surface area (Å²) >= 11 is 0. The summed E-state index contributed by atoms with van der Waals surface area (Å²) in [6.45, 7) is 7.05. The Labute approximate surface area is 105 Å². The first-order chi connectivity index (χ1) is 8.49. The van der Waals surface area contributed by atoms with Crippen LogP contribution in [0.25, 0.3) is 0 Å². The highest BCUT2D eigenvalue weighted by Crippen LogP contribution is 2.29. The van der Waals surface area contributed by atoms with Crippen LogP contribution in [0.2, 0.25) is 0 Å². The lowest BCUT2D eigenvalue weighted by molar-refractivity contribution is -0.137. The number of alkyl halides is 3. The zero-order valence-electron chi connectivity index (χ0n) is 10.6. The highest BCUT2D eigenvalue weighted by molar-refractivity contribution is 5.39. The SMILES string of the molecule is CCNCCN(CC)c1ccc(C(F)(F)F)cn1. The molecule has 0 spiro atoms. The summed E-state index contributed by atoms with van der Waals surface area (Å²) in [6.07, 6.45) is -3.45. The van der Waals surface area contributed by atoms with Crippen molar-refractivity contribution in [2.45, 2.75) is 20.0 Å². The molecule has 0 saturated carbocycles. The van der Waals surface area contributed by atoms with Crippen LogP contribution in [0.3, 0.4) is 0 Å². The third kappa shape index (κ3) is 4.18. The zero-order valence-corrected chi connectivity index (χ0v) is 10.6. The van der Waals surface area contributed by atoms with Crippen LogP contribution in [0.4, 0.5) is 19.0 Å². The zero-order chi connectivity index (χ0) is 13.6. The standard InChI is InChI=1S/C12H18F3N3/c1-3-16-7-8-18(4-2)11-6-5-10(9-17-11)12(13,14)15/h5-6,9,16H,3-4,7-8H2,1-2H3. The maximum atomic E-state index is 12.4. The van der Waals surface area contributed by atoms with E-state index in [0.717, 1.165) is 31.9 Å². The fourth-order valence-electron chi connectivity index (χ4n) is 1.57. The molecule has 0 atom stereocenters. The van der Waals surface area contributed by atoms with Gasteiger partial charge in [-0.25, -0.2) is 4.98 Å². The second-order valence-corrected chi connectivity index (χ2v) is 3.84. The van der Waals surface area contributed by atoms with Crippen molar-refractivity contribution in [1.29, 1.82) is 0 Å². The highest BCUT2D eigenvalue weighted by atomic mass is 19.4. The van der Waals surface area contributed by atoms with Gasteiger partial charge in [0.15, 0.2) is 0 Å². The lowest BCUT2D eigenvalue weighted by Crippen LogP contribution is -2.32. The maximum Gasteiger partial charge on any atom is 0.417 e. The first kappa shape index (κ1) is 14.8. The third-order valence-corrected chi connectivity index (χ3v) is 2.59. The molecule has 1 heterocycles. The Morgan fingerprint density at radius 3 is 2.44 bits per heavy atom. The minimum atomic E-state index is -4.33. The molecule has 0 aliphatic heterocycles. The van der Waals surface area contributed by atoms with Gasteiger partial charge in [-0.1, -0.05) is 6.92 Å². The summed E-state index contributed by atoms with van der Waals surface area (Å²) in [5, 5.41) is 3.17. The second-order valence-electron chi connectivity index (χ2n) is 3.84. The summed E-state index contributed by atoms with van der Waals surface area (Å²) in [5.74, 6) is 0.573. The second kappa shape index (κ2) is 6.58. The molecule has 0 saturated heterocycles. The topological polar surface area (TPSA) is 28.2 Å². The molecule has 0 radical (unpaired) electrons. The normalized spacial score (nSPS) is 11.6. The Morgan fingerprint density at radius 2 is 2.00 bits per heavy atom.